The number of carbonyl (C=O) groups is 1. The van der Waals surface area contributed by atoms with E-state index in [0.29, 0.717) is 18.5 Å². The number of rotatable bonds is 3. The molecule has 0 aliphatic rings. The maximum atomic E-state index is 11.3. The Morgan fingerprint density at radius 3 is 3.00 bits per heavy atom. The van der Waals surface area contributed by atoms with E-state index in [1.54, 1.807) is 13.1 Å². The van der Waals surface area contributed by atoms with E-state index in [2.05, 4.69) is 21.2 Å². The number of aromatic nitrogens is 1. The Balaban J connectivity index is 2.22. The lowest BCUT2D eigenvalue weighted by molar-refractivity contribution is 0.262. The second-order valence-electron chi connectivity index (χ2n) is 3.68. The van der Waals surface area contributed by atoms with Gasteiger partial charge in [-0.05, 0) is 24.1 Å². The van der Waals surface area contributed by atoms with Gasteiger partial charge in [0.15, 0.2) is 5.58 Å². The van der Waals surface area contributed by atoms with Gasteiger partial charge in [-0.25, -0.2) is 4.79 Å². The van der Waals surface area contributed by atoms with Gasteiger partial charge < -0.3 is 9.73 Å². The molecule has 17 heavy (non-hydrogen) atoms. The number of fused-ring (bicyclic) bond motifs is 1. The molecular weight excluding hydrogens is 288 g/mol. The molecule has 0 spiro atoms. The maximum Gasteiger partial charge on any atom is 0.419 e. The van der Waals surface area contributed by atoms with Crippen molar-refractivity contribution in [3.63, 3.8) is 0 Å². The summed E-state index contributed by atoms with van der Waals surface area (Å²) in [5, 5.41) is 2.65. The Morgan fingerprint density at radius 1 is 1.53 bits per heavy atom. The van der Waals surface area contributed by atoms with Crippen LogP contribution in [-0.4, -0.2) is 15.9 Å². The molecule has 0 unspecified atom stereocenters. The van der Waals surface area contributed by atoms with E-state index in [1.165, 1.54) is 4.57 Å². The third-order valence-electron chi connectivity index (χ3n) is 2.53. The number of nitrogens with one attached hydrogen (secondary N) is 1. The second-order valence-corrected chi connectivity index (χ2v) is 4.40. The predicted octanol–water partition coefficient (Wildman–Crippen LogP) is 1.78. The minimum atomic E-state index is -0.370. The quantitative estimate of drug-likeness (QED) is 0.694. The van der Waals surface area contributed by atoms with Crippen LogP contribution in [0.2, 0.25) is 0 Å². The molecule has 5 nitrogen and oxygen atoms in total. The maximum absolute atomic E-state index is 11.3. The number of oxazole rings is 1. The molecule has 1 N–H and O–H groups in total. The molecule has 0 aliphatic heterocycles. The summed E-state index contributed by atoms with van der Waals surface area (Å²) in [4.78, 5) is 21.7. The third-order valence-corrected chi connectivity index (χ3v) is 2.81. The van der Waals surface area contributed by atoms with E-state index in [9.17, 15) is 9.59 Å². The molecule has 2 aromatic rings. The Kier molecular flexibility index (Phi) is 3.33. The van der Waals surface area contributed by atoms with Crippen molar-refractivity contribution in [2.75, 3.05) is 6.54 Å². The zero-order valence-electron chi connectivity index (χ0n) is 9.20. The molecular formula is C11H11BrN2O3. The summed E-state index contributed by atoms with van der Waals surface area (Å²) >= 11 is 2.79. The minimum Gasteiger partial charge on any atom is -0.408 e. The van der Waals surface area contributed by atoms with Crippen molar-refractivity contribution in [2.24, 2.45) is 7.05 Å². The van der Waals surface area contributed by atoms with E-state index in [-0.39, 0.29) is 10.6 Å². The standard InChI is InChI=1S/C11H11BrN2O3/c1-14-8-6-7(4-5-13-10(12)15)2-3-9(8)17-11(14)16/h2-3,6H,4-5H2,1H3,(H,13,15). The molecule has 2 rings (SSSR count). The Labute approximate surface area is 106 Å². The third kappa shape index (κ3) is 2.58. The number of halogens is 1. The van der Waals surface area contributed by atoms with Gasteiger partial charge >= 0.3 is 5.76 Å². The van der Waals surface area contributed by atoms with Gasteiger partial charge in [0.1, 0.15) is 0 Å². The molecule has 1 amide bonds. The predicted molar refractivity (Wildman–Crippen MR) is 67.5 cm³/mol. The molecule has 1 aromatic carbocycles. The molecule has 0 fully saturated rings. The molecule has 0 aliphatic carbocycles. The van der Waals surface area contributed by atoms with Gasteiger partial charge in [0.05, 0.1) is 5.52 Å². The zero-order chi connectivity index (χ0) is 12.4. The van der Waals surface area contributed by atoms with Gasteiger partial charge in [-0.15, -0.1) is 0 Å². The highest BCUT2D eigenvalue weighted by Crippen LogP contribution is 2.14. The van der Waals surface area contributed by atoms with E-state index in [0.717, 1.165) is 11.1 Å². The monoisotopic (exact) mass is 298 g/mol. The van der Waals surface area contributed by atoms with Crippen molar-refractivity contribution >= 4 is 31.8 Å². The normalized spacial score (nSPS) is 10.7. The van der Waals surface area contributed by atoms with Crippen LogP contribution in [0.3, 0.4) is 0 Å². The molecule has 6 heteroatoms. The summed E-state index contributed by atoms with van der Waals surface area (Å²) in [7, 11) is 1.66. The number of carbonyl (C=O) groups excluding carboxylic acids is 1. The summed E-state index contributed by atoms with van der Waals surface area (Å²) in [6.07, 6.45) is 0.701. The van der Waals surface area contributed by atoms with E-state index in [4.69, 9.17) is 4.42 Å². The number of benzene rings is 1. The fourth-order valence-electron chi connectivity index (χ4n) is 1.63. The Morgan fingerprint density at radius 2 is 2.29 bits per heavy atom. The summed E-state index contributed by atoms with van der Waals surface area (Å²) in [6, 6.07) is 5.54. The number of hydrogen-bond acceptors (Lipinski definition) is 3. The molecule has 1 heterocycles. The van der Waals surface area contributed by atoms with Crippen molar-refractivity contribution in [3.05, 3.63) is 34.3 Å². The van der Waals surface area contributed by atoms with Crippen LogP contribution in [-0.2, 0) is 13.5 Å². The van der Waals surface area contributed by atoms with Crippen LogP contribution in [0, 0.1) is 0 Å². The summed E-state index contributed by atoms with van der Waals surface area (Å²) in [5.41, 5.74) is 2.37. The average molecular weight is 299 g/mol. The van der Waals surface area contributed by atoms with E-state index in [1.807, 2.05) is 12.1 Å². The zero-order valence-corrected chi connectivity index (χ0v) is 10.8. The summed E-state index contributed by atoms with van der Waals surface area (Å²) in [6.45, 7) is 0.543. The minimum absolute atomic E-state index is 0.228. The second kappa shape index (κ2) is 4.75. The first-order valence-corrected chi connectivity index (χ1v) is 5.89. The lowest BCUT2D eigenvalue weighted by Crippen LogP contribution is -2.19. The Bertz CT molecular complexity index is 615. The van der Waals surface area contributed by atoms with Crippen LogP contribution >= 0.6 is 15.9 Å². The molecule has 0 saturated heterocycles. The molecule has 90 valence electrons. The van der Waals surface area contributed by atoms with Crippen molar-refractivity contribution in [1.82, 2.24) is 9.88 Å². The fourth-order valence-corrected chi connectivity index (χ4v) is 1.83. The van der Waals surface area contributed by atoms with Crippen molar-refractivity contribution in [3.8, 4) is 0 Å². The van der Waals surface area contributed by atoms with Crippen LogP contribution in [0.15, 0.2) is 27.4 Å². The average Bonchev–Trinajstić information content (AvgIpc) is 2.55. The first kappa shape index (κ1) is 11.9. The lowest BCUT2D eigenvalue weighted by Gasteiger charge is -2.02. The van der Waals surface area contributed by atoms with Crippen molar-refractivity contribution in [2.45, 2.75) is 6.42 Å². The lowest BCUT2D eigenvalue weighted by atomic mass is 10.1. The first-order valence-electron chi connectivity index (χ1n) is 5.10. The van der Waals surface area contributed by atoms with Gasteiger partial charge in [-0.1, -0.05) is 6.07 Å². The number of amides is 1. The van der Waals surface area contributed by atoms with E-state index >= 15 is 0 Å². The van der Waals surface area contributed by atoms with Crippen molar-refractivity contribution < 1.29 is 9.21 Å². The Hall–Kier alpha value is -1.56. The smallest absolute Gasteiger partial charge is 0.408 e. The fraction of sp³-hybridized carbons (Fsp3) is 0.273. The molecule has 0 bridgehead atoms. The van der Waals surface area contributed by atoms with Crippen LogP contribution in [0.25, 0.3) is 11.1 Å². The summed E-state index contributed by atoms with van der Waals surface area (Å²) in [5.74, 6) is -0.370. The van der Waals surface area contributed by atoms with Crippen LogP contribution in [0.4, 0.5) is 4.79 Å². The molecule has 0 radical (unpaired) electrons. The van der Waals surface area contributed by atoms with E-state index < -0.39 is 0 Å². The largest absolute Gasteiger partial charge is 0.419 e. The van der Waals surface area contributed by atoms with Gasteiger partial charge in [0.25, 0.3) is 4.82 Å². The SMILES string of the molecule is Cn1c(=O)oc2ccc(CCNC(=O)Br)cc21. The highest BCUT2D eigenvalue weighted by molar-refractivity contribution is 9.18. The number of aryl methyl sites for hydroxylation is 1. The molecule has 1 aromatic heterocycles. The van der Waals surface area contributed by atoms with Crippen LogP contribution in [0.1, 0.15) is 5.56 Å². The highest BCUT2D eigenvalue weighted by Gasteiger charge is 2.06. The number of nitrogens with zero attached hydrogens (tertiary/aromatic N) is 1. The molecule has 0 saturated carbocycles. The van der Waals surface area contributed by atoms with Gasteiger partial charge in [0, 0.05) is 29.5 Å². The summed E-state index contributed by atoms with van der Waals surface area (Å²) < 4.78 is 6.49. The van der Waals surface area contributed by atoms with Crippen LogP contribution in [0.5, 0.6) is 0 Å². The highest BCUT2D eigenvalue weighted by atomic mass is 79.9. The number of hydrogen-bond donors (Lipinski definition) is 1. The topological polar surface area (TPSA) is 64.2 Å². The van der Waals surface area contributed by atoms with Crippen molar-refractivity contribution in [1.29, 1.82) is 0 Å². The van der Waals surface area contributed by atoms with Gasteiger partial charge in [-0.2, -0.15) is 0 Å². The van der Waals surface area contributed by atoms with Gasteiger partial charge in [0.2, 0.25) is 0 Å². The van der Waals surface area contributed by atoms with Crippen LogP contribution < -0.4 is 11.1 Å². The molecule has 0 atom stereocenters. The van der Waals surface area contributed by atoms with Gasteiger partial charge in [-0.3, -0.25) is 9.36 Å². The first-order chi connectivity index (χ1) is 8.08.